The zero-order chi connectivity index (χ0) is 80.1. The number of carboxylic acid groups (broad SMARTS) is 1. The van der Waals surface area contributed by atoms with E-state index in [1.807, 2.05) is 30.3 Å². The van der Waals surface area contributed by atoms with Gasteiger partial charge in [0.05, 0.1) is 22.8 Å². The Balaban J connectivity index is -0.00000122. The minimum Gasteiger partial charge on any atom is -0.723 e. The van der Waals surface area contributed by atoms with E-state index in [4.69, 9.17) is 46.7 Å². The Morgan fingerprint density at radius 2 is 0.865 bits per heavy atom. The van der Waals surface area contributed by atoms with Crippen molar-refractivity contribution in [2.24, 2.45) is 0 Å². The summed E-state index contributed by atoms with van der Waals surface area (Å²) in [6.07, 6.45) is -27.1. The second-order valence-corrected chi connectivity index (χ2v) is 22.4. The van der Waals surface area contributed by atoms with Crippen LogP contribution in [0.25, 0.3) is 56.0 Å². The first-order valence-electron chi connectivity index (χ1n) is 28.7. The van der Waals surface area contributed by atoms with Crippen LogP contribution in [-0.4, -0.2) is 107 Å². The fourth-order valence-electron chi connectivity index (χ4n) is 6.99. The molecule has 2 unspecified atom stereocenters. The maximum absolute atomic E-state index is 13.5. The molecule has 0 saturated heterocycles. The fraction of sp³-hybridized carbons (Fsp3) is 0.203. The van der Waals surface area contributed by atoms with Gasteiger partial charge in [0, 0.05) is 152 Å². The van der Waals surface area contributed by atoms with E-state index in [1.165, 1.54) is 72.8 Å². The van der Waals surface area contributed by atoms with Crippen molar-refractivity contribution >= 4 is 55.1 Å². The molecule has 0 amide bonds. The summed E-state index contributed by atoms with van der Waals surface area (Å²) in [5.41, 5.74) is 0.876. The van der Waals surface area contributed by atoms with Crippen LogP contribution in [0.2, 0.25) is 0 Å². The Morgan fingerprint density at radius 3 is 1.11 bits per heavy atom. The Kier molecular flexibility index (Phi) is 49.6. The van der Waals surface area contributed by atoms with Crippen molar-refractivity contribution in [2.45, 2.75) is 76.0 Å². The maximum Gasteiger partial charge on any atom is 0.490 e. The van der Waals surface area contributed by atoms with E-state index in [9.17, 15) is 96.6 Å². The molecule has 5 aromatic carbocycles. The standard InChI is InChI=1S/C12H6ClF4N.3C12H6F4N.C11H6Br2N.C6H14O3.C2H3F3O2.C2HF3O2.4Ir.H2O/c13-9-5-7(12(15,16)17)6-18-11(9)8-3-1-2-4-10(8)14;3*13-10-4-1-8(2-5-10)11-6-3-9(7-17-11)12(14,15)16;12-9-3-1-8(2-4-9)11-6-5-10(13)7-14-11;1-3-9-6(8)4-5(2)7;2*3-2(4,5)1(6)7;;;;;/h1-2,4-5H,6H2;3*1,3-7H;1,3-7H;5-8H,3-4H2,1-2H3;1,6-7H;(H,6,7);;;;;1H2/q-2;4*-1;;;;;;;;. The number of allylic oxidation sites excluding steroid dienone is 2. The van der Waals surface area contributed by atoms with E-state index < -0.39 is 114 Å². The van der Waals surface area contributed by atoms with Crippen molar-refractivity contribution in [1.82, 2.24) is 19.9 Å². The molecule has 7 N–H and O–H groups in total. The average Bonchev–Trinajstić information content (AvgIpc) is 0.807. The van der Waals surface area contributed by atoms with Crippen LogP contribution in [0.5, 0.6) is 0 Å². The van der Waals surface area contributed by atoms with Gasteiger partial charge in [-0.05, 0) is 63.7 Å². The first kappa shape index (κ1) is 109. The quantitative estimate of drug-likeness (QED) is 0.0519. The van der Waals surface area contributed by atoms with E-state index in [-0.39, 0.29) is 109 Å². The molecule has 9 aromatic rings. The van der Waals surface area contributed by atoms with Gasteiger partial charge in [0.2, 0.25) is 0 Å². The van der Waals surface area contributed by atoms with Crippen LogP contribution in [0.3, 0.4) is 0 Å². The Bertz CT molecular complexity index is 3920. The molecular formula is C69H50Br2ClF22Ir4N5O8-6. The molecule has 0 bridgehead atoms. The SMILES string of the molecule is Brc1c[c-]c(-c2ccc(Br)cn2)cc1.CCOC(O)CC(C)O.Fc1c[c-]c(-c2ccc(C(F)(F)F)cn2)cc1.Fc1c[c-]c(-c2ccc(C(F)(F)F)cn2)cc1.Fc1c[c-]c(-c2ccc(C(F)(F)F)cn2)cc1.Fc1ccc[c-]c1C1=C(Cl)C=C(C(F)(F)F)C[N-]1.O.O=C(O)C(F)(F)F.OC(O)C(F)(F)F.[Ir].[Ir].[Ir].[Ir]. The number of aliphatic hydroxyl groups excluding tert-OH is 3. The Labute approximate surface area is 692 Å². The van der Waals surface area contributed by atoms with Crippen LogP contribution >= 0.6 is 43.5 Å². The fourth-order valence-corrected chi connectivity index (χ4v) is 7.75. The summed E-state index contributed by atoms with van der Waals surface area (Å²) >= 11 is 12.4. The van der Waals surface area contributed by atoms with Crippen molar-refractivity contribution in [3.05, 3.63) is 271 Å². The van der Waals surface area contributed by atoms with Gasteiger partial charge in [-0.15, -0.1) is 172 Å². The summed E-state index contributed by atoms with van der Waals surface area (Å²) < 4.78 is 270. The number of ether oxygens (including phenoxy) is 1. The monoisotopic (exact) mass is 2460 g/mol. The number of carbonyl (C=O) groups is 1. The van der Waals surface area contributed by atoms with Crippen LogP contribution in [0.1, 0.15) is 42.5 Å². The molecule has 4 aromatic heterocycles. The molecule has 10 rings (SSSR count). The number of aliphatic carboxylic acids is 1. The smallest absolute Gasteiger partial charge is 0.490 e. The number of carboxylic acids is 1. The van der Waals surface area contributed by atoms with E-state index in [1.54, 1.807) is 20.0 Å². The van der Waals surface area contributed by atoms with Gasteiger partial charge in [0.1, 0.15) is 0 Å². The van der Waals surface area contributed by atoms with Crippen LogP contribution in [-0.2, 0) is 108 Å². The summed E-state index contributed by atoms with van der Waals surface area (Å²) in [4.78, 5) is 24.2. The first-order valence-corrected chi connectivity index (χ1v) is 30.7. The molecule has 0 spiro atoms. The number of pyridine rings is 4. The van der Waals surface area contributed by atoms with E-state index in [2.05, 4.69) is 87.4 Å². The molecule has 5 heterocycles. The predicted molar refractivity (Wildman–Crippen MR) is 350 cm³/mol. The van der Waals surface area contributed by atoms with Gasteiger partial charge in [-0.1, -0.05) is 64.6 Å². The Hall–Kier alpha value is -6.48. The van der Waals surface area contributed by atoms with Crippen molar-refractivity contribution in [2.75, 3.05) is 13.2 Å². The van der Waals surface area contributed by atoms with E-state index in [0.29, 0.717) is 40.4 Å². The minimum atomic E-state index is -5.08. The van der Waals surface area contributed by atoms with E-state index >= 15 is 0 Å². The summed E-state index contributed by atoms with van der Waals surface area (Å²) in [6, 6.07) is 44.9. The number of alkyl halides is 18. The average molecular weight is 2460 g/mol. The number of aliphatic hydroxyl groups is 4. The molecular weight excluding hydrogens is 2410 g/mol. The normalized spacial score (nSPS) is 12.2. The summed E-state index contributed by atoms with van der Waals surface area (Å²) in [5, 5.41) is 42.7. The molecule has 0 saturated carbocycles. The Morgan fingerprint density at radius 1 is 0.523 bits per heavy atom. The second-order valence-electron chi connectivity index (χ2n) is 20.1. The number of aromatic nitrogens is 4. The van der Waals surface area contributed by atoms with Crippen molar-refractivity contribution in [3.8, 4) is 45.0 Å². The van der Waals surface area contributed by atoms with Crippen molar-refractivity contribution < 1.29 is 218 Å². The van der Waals surface area contributed by atoms with Crippen LogP contribution in [0, 0.1) is 53.6 Å². The molecule has 1 aliphatic rings. The number of benzene rings is 5. The van der Waals surface area contributed by atoms with Gasteiger partial charge < -0.3 is 61.0 Å². The molecule has 111 heavy (non-hydrogen) atoms. The third-order valence-corrected chi connectivity index (χ3v) is 13.2. The third kappa shape index (κ3) is 41.4. The molecule has 2 atom stereocenters. The van der Waals surface area contributed by atoms with Crippen LogP contribution in [0.4, 0.5) is 96.6 Å². The van der Waals surface area contributed by atoms with Crippen molar-refractivity contribution in [3.63, 3.8) is 0 Å². The minimum absolute atomic E-state index is 0. The molecule has 1 aliphatic heterocycles. The third-order valence-electron chi connectivity index (χ3n) is 12.0. The van der Waals surface area contributed by atoms with Gasteiger partial charge in [0.25, 0.3) is 6.29 Å². The van der Waals surface area contributed by atoms with Gasteiger partial charge >= 0.3 is 43.0 Å². The number of hydrogen-bond donors (Lipinski definition) is 5. The van der Waals surface area contributed by atoms with Gasteiger partial charge in [0.15, 0.2) is 6.29 Å². The molecule has 4 radical (unpaired) electrons. The topological polar surface area (TPSA) is 225 Å². The van der Waals surface area contributed by atoms with Crippen LogP contribution in [0.15, 0.2) is 190 Å². The first-order chi connectivity index (χ1) is 49.1. The summed E-state index contributed by atoms with van der Waals surface area (Å²) in [7, 11) is 0. The number of nitrogens with zero attached hydrogens (tertiary/aromatic N) is 5. The summed E-state index contributed by atoms with van der Waals surface area (Å²) in [6.45, 7) is 3.32. The predicted octanol–water partition coefficient (Wildman–Crippen LogP) is 19.4. The molecule has 0 aliphatic carbocycles. The number of halogens is 25. The number of rotatable bonds is 9. The molecule has 0 fully saturated rings. The summed E-state index contributed by atoms with van der Waals surface area (Å²) in [5.74, 6) is -4.76. The van der Waals surface area contributed by atoms with Gasteiger partial charge in [-0.2, -0.15) is 79.0 Å². The largest absolute Gasteiger partial charge is 0.723 e. The van der Waals surface area contributed by atoms with Gasteiger partial charge in [-0.25, -0.2) is 10.5 Å². The van der Waals surface area contributed by atoms with E-state index in [0.717, 1.165) is 81.3 Å². The molecule has 13 nitrogen and oxygen atoms in total. The van der Waals surface area contributed by atoms with Crippen LogP contribution < -0.4 is 0 Å². The van der Waals surface area contributed by atoms with Gasteiger partial charge in [-0.3, -0.25) is 17.6 Å². The zero-order valence-electron chi connectivity index (χ0n) is 55.1. The second kappa shape index (κ2) is 50.7. The zero-order valence-corrected chi connectivity index (χ0v) is 68.6. The molecule has 42 heteroatoms. The number of hydrogen-bond acceptors (Lipinski definition) is 10. The van der Waals surface area contributed by atoms with Crippen molar-refractivity contribution in [1.29, 1.82) is 0 Å². The molecule has 616 valence electrons. The maximum atomic E-state index is 13.5.